The average molecular weight is 344 g/mol. The van der Waals surface area contributed by atoms with Crippen molar-refractivity contribution in [3.05, 3.63) is 41.3 Å². The monoisotopic (exact) mass is 344 g/mol. The highest BCUT2D eigenvalue weighted by Gasteiger charge is 2.18. The Bertz CT molecular complexity index is 750. The molecule has 0 saturated carbocycles. The molecule has 0 aromatic carbocycles. The fraction of sp³-hybridized carbons (Fsp3) is 0.444. The zero-order chi connectivity index (χ0) is 18.6. The number of aromatic nitrogens is 3. The molecule has 0 aliphatic rings. The van der Waals surface area contributed by atoms with Crippen molar-refractivity contribution >= 4 is 11.9 Å². The normalized spacial score (nSPS) is 10.9. The smallest absolute Gasteiger partial charge is 0.305 e. The predicted molar refractivity (Wildman–Crippen MR) is 93.8 cm³/mol. The van der Waals surface area contributed by atoms with Gasteiger partial charge in [-0.1, -0.05) is 13.8 Å². The summed E-state index contributed by atoms with van der Waals surface area (Å²) in [4.78, 5) is 29.4. The Balaban J connectivity index is 2.19. The van der Waals surface area contributed by atoms with Gasteiger partial charge in [0.05, 0.1) is 17.7 Å². The van der Waals surface area contributed by atoms with Crippen molar-refractivity contribution < 1.29 is 14.7 Å². The van der Waals surface area contributed by atoms with Crippen LogP contribution in [0.15, 0.2) is 24.4 Å². The highest BCUT2D eigenvalue weighted by molar-refractivity contribution is 5.94. The SMILES string of the molecule is Cc1cc(C)n(-c2ccc(C(=O)N(CCC(=O)O)CC(C)C)cn2)n1. The molecule has 0 bridgehead atoms. The minimum atomic E-state index is -0.917. The van der Waals surface area contributed by atoms with Gasteiger partial charge in [-0.3, -0.25) is 9.59 Å². The van der Waals surface area contributed by atoms with Crippen molar-refractivity contribution in [1.29, 1.82) is 0 Å². The van der Waals surface area contributed by atoms with Gasteiger partial charge in [0.2, 0.25) is 0 Å². The molecule has 2 heterocycles. The van der Waals surface area contributed by atoms with Crippen LogP contribution in [0.3, 0.4) is 0 Å². The van der Waals surface area contributed by atoms with E-state index in [1.165, 1.54) is 6.20 Å². The number of rotatable bonds is 7. The summed E-state index contributed by atoms with van der Waals surface area (Å²) in [5, 5.41) is 13.3. The summed E-state index contributed by atoms with van der Waals surface area (Å²) in [6, 6.07) is 5.41. The number of hydrogen-bond donors (Lipinski definition) is 1. The lowest BCUT2D eigenvalue weighted by atomic mass is 10.1. The fourth-order valence-electron chi connectivity index (χ4n) is 2.63. The molecule has 1 amide bonds. The van der Waals surface area contributed by atoms with Crippen LogP contribution in [0.25, 0.3) is 5.82 Å². The molecule has 0 fully saturated rings. The van der Waals surface area contributed by atoms with E-state index in [-0.39, 0.29) is 24.8 Å². The number of nitrogens with zero attached hydrogens (tertiary/aromatic N) is 4. The standard InChI is InChI=1S/C18H24N4O3/c1-12(2)11-21(8-7-17(23)24)18(25)15-5-6-16(19-10-15)22-14(4)9-13(3)20-22/h5-6,9-10,12H,7-8,11H2,1-4H3,(H,23,24). The van der Waals surface area contributed by atoms with Crippen LogP contribution < -0.4 is 0 Å². The van der Waals surface area contributed by atoms with Gasteiger partial charge < -0.3 is 10.0 Å². The van der Waals surface area contributed by atoms with E-state index in [9.17, 15) is 9.59 Å². The number of carboxylic acids is 1. The Morgan fingerprint density at radius 3 is 2.48 bits per heavy atom. The molecule has 2 rings (SSSR count). The largest absolute Gasteiger partial charge is 0.481 e. The van der Waals surface area contributed by atoms with E-state index in [1.807, 2.05) is 33.8 Å². The lowest BCUT2D eigenvalue weighted by molar-refractivity contribution is -0.137. The molecule has 0 saturated heterocycles. The first-order valence-corrected chi connectivity index (χ1v) is 8.28. The van der Waals surface area contributed by atoms with Gasteiger partial charge in [0.15, 0.2) is 5.82 Å². The minimum Gasteiger partial charge on any atom is -0.481 e. The predicted octanol–water partition coefficient (Wildman–Crippen LogP) is 2.46. The summed E-state index contributed by atoms with van der Waals surface area (Å²) in [5.41, 5.74) is 2.31. The molecule has 25 heavy (non-hydrogen) atoms. The first kappa shape index (κ1) is 18.6. The van der Waals surface area contributed by atoms with Crippen LogP contribution in [-0.2, 0) is 4.79 Å². The molecular formula is C18H24N4O3. The Hall–Kier alpha value is -2.70. The summed E-state index contributed by atoms with van der Waals surface area (Å²) in [5.74, 6) is -0.232. The Kier molecular flexibility index (Phi) is 5.90. The van der Waals surface area contributed by atoms with Crippen molar-refractivity contribution in [3.8, 4) is 5.82 Å². The molecule has 2 aromatic heterocycles. The molecule has 7 heteroatoms. The average Bonchev–Trinajstić information content (AvgIpc) is 2.89. The maximum Gasteiger partial charge on any atom is 0.305 e. The number of carbonyl (C=O) groups is 2. The summed E-state index contributed by atoms with van der Waals surface area (Å²) in [6.45, 7) is 8.53. The van der Waals surface area contributed by atoms with E-state index in [0.717, 1.165) is 11.4 Å². The van der Waals surface area contributed by atoms with Crippen LogP contribution in [0.2, 0.25) is 0 Å². The summed E-state index contributed by atoms with van der Waals surface area (Å²) in [7, 11) is 0. The molecule has 0 aliphatic heterocycles. The zero-order valence-corrected chi connectivity index (χ0v) is 15.1. The van der Waals surface area contributed by atoms with Crippen molar-refractivity contribution in [3.63, 3.8) is 0 Å². The van der Waals surface area contributed by atoms with Gasteiger partial charge in [-0.05, 0) is 38.0 Å². The quantitative estimate of drug-likeness (QED) is 0.833. The van der Waals surface area contributed by atoms with E-state index in [0.29, 0.717) is 17.9 Å². The lowest BCUT2D eigenvalue weighted by Gasteiger charge is -2.24. The fourth-order valence-corrected chi connectivity index (χ4v) is 2.63. The van der Waals surface area contributed by atoms with Gasteiger partial charge in [0, 0.05) is 25.0 Å². The van der Waals surface area contributed by atoms with Gasteiger partial charge in [-0.15, -0.1) is 0 Å². The lowest BCUT2D eigenvalue weighted by Crippen LogP contribution is -2.36. The van der Waals surface area contributed by atoms with Crippen LogP contribution in [0.1, 0.15) is 42.0 Å². The molecule has 0 aliphatic carbocycles. The maximum absolute atomic E-state index is 12.7. The molecular weight excluding hydrogens is 320 g/mol. The minimum absolute atomic E-state index is 0.0737. The first-order chi connectivity index (χ1) is 11.8. The number of aryl methyl sites for hydroxylation is 2. The van der Waals surface area contributed by atoms with E-state index in [4.69, 9.17) is 5.11 Å². The maximum atomic E-state index is 12.7. The Morgan fingerprint density at radius 2 is 2.00 bits per heavy atom. The molecule has 7 nitrogen and oxygen atoms in total. The third-order valence-corrected chi connectivity index (χ3v) is 3.69. The number of pyridine rings is 1. The van der Waals surface area contributed by atoms with Gasteiger partial charge >= 0.3 is 5.97 Å². The number of carboxylic acid groups (broad SMARTS) is 1. The molecule has 0 spiro atoms. The number of amides is 1. The van der Waals surface area contributed by atoms with Crippen molar-refractivity contribution in [1.82, 2.24) is 19.7 Å². The molecule has 0 atom stereocenters. The second-order valence-electron chi connectivity index (χ2n) is 6.53. The Morgan fingerprint density at radius 1 is 1.28 bits per heavy atom. The second-order valence-corrected chi connectivity index (χ2v) is 6.53. The Labute approximate surface area is 147 Å². The summed E-state index contributed by atoms with van der Waals surface area (Å²) >= 11 is 0. The van der Waals surface area contributed by atoms with Gasteiger partial charge in [0.1, 0.15) is 0 Å². The van der Waals surface area contributed by atoms with Crippen molar-refractivity contribution in [2.24, 2.45) is 5.92 Å². The summed E-state index contributed by atoms with van der Waals surface area (Å²) in [6.07, 6.45) is 1.44. The van der Waals surface area contributed by atoms with Crippen LogP contribution >= 0.6 is 0 Å². The van der Waals surface area contributed by atoms with Gasteiger partial charge in [0.25, 0.3) is 5.91 Å². The van der Waals surface area contributed by atoms with Gasteiger partial charge in [-0.25, -0.2) is 9.67 Å². The molecule has 134 valence electrons. The van der Waals surface area contributed by atoms with Gasteiger partial charge in [-0.2, -0.15) is 5.10 Å². The van der Waals surface area contributed by atoms with E-state index in [1.54, 1.807) is 21.7 Å². The number of hydrogen-bond acceptors (Lipinski definition) is 4. The van der Waals surface area contributed by atoms with Crippen LogP contribution in [-0.4, -0.2) is 49.7 Å². The third kappa shape index (κ3) is 4.89. The molecule has 0 unspecified atom stereocenters. The van der Waals surface area contributed by atoms with Crippen LogP contribution in [0.4, 0.5) is 0 Å². The zero-order valence-electron chi connectivity index (χ0n) is 15.1. The van der Waals surface area contributed by atoms with E-state index in [2.05, 4.69) is 10.1 Å². The summed E-state index contributed by atoms with van der Waals surface area (Å²) < 4.78 is 1.72. The molecule has 0 radical (unpaired) electrons. The van der Waals surface area contributed by atoms with Crippen molar-refractivity contribution in [2.75, 3.05) is 13.1 Å². The van der Waals surface area contributed by atoms with E-state index < -0.39 is 5.97 Å². The van der Waals surface area contributed by atoms with Crippen LogP contribution in [0.5, 0.6) is 0 Å². The molecule has 1 N–H and O–H groups in total. The first-order valence-electron chi connectivity index (χ1n) is 8.28. The van der Waals surface area contributed by atoms with Crippen LogP contribution in [0, 0.1) is 19.8 Å². The highest BCUT2D eigenvalue weighted by atomic mass is 16.4. The van der Waals surface area contributed by atoms with Crippen molar-refractivity contribution in [2.45, 2.75) is 34.1 Å². The third-order valence-electron chi connectivity index (χ3n) is 3.69. The molecule has 2 aromatic rings. The number of carbonyl (C=O) groups excluding carboxylic acids is 1. The topological polar surface area (TPSA) is 88.3 Å². The second kappa shape index (κ2) is 7.92. The van der Waals surface area contributed by atoms with E-state index >= 15 is 0 Å². The highest BCUT2D eigenvalue weighted by Crippen LogP contribution is 2.13. The number of aliphatic carboxylic acids is 1.